The Hall–Kier alpha value is -3.24. The smallest absolute Gasteiger partial charge is 0.322 e. The molecule has 0 radical (unpaired) electrons. The maximum absolute atomic E-state index is 12.7. The number of carbonyl (C=O) groups excluding carboxylic acids is 3. The summed E-state index contributed by atoms with van der Waals surface area (Å²) >= 11 is 0. The number of ether oxygens (including phenoxy) is 1. The molecule has 34 heavy (non-hydrogen) atoms. The number of esters is 1. The zero-order valence-corrected chi connectivity index (χ0v) is 20.6. The van der Waals surface area contributed by atoms with Gasteiger partial charge in [0.15, 0.2) is 6.10 Å². The van der Waals surface area contributed by atoms with Crippen LogP contribution in [0.5, 0.6) is 0 Å². The maximum Gasteiger partial charge on any atom is 0.322 e. The van der Waals surface area contributed by atoms with Crippen LogP contribution in [-0.4, -0.2) is 56.2 Å². The van der Waals surface area contributed by atoms with Crippen LogP contribution in [0.2, 0.25) is 0 Å². The Morgan fingerprint density at radius 3 is 2.21 bits per heavy atom. The number of carbonyl (C=O) groups is 3. The Balaban J connectivity index is 1.84. The lowest BCUT2D eigenvalue weighted by molar-refractivity contribution is -0.155. The van der Waals surface area contributed by atoms with Gasteiger partial charge in [-0.2, -0.15) is 4.31 Å². The third-order valence-corrected chi connectivity index (χ3v) is 6.83. The van der Waals surface area contributed by atoms with Gasteiger partial charge in [0.2, 0.25) is 15.9 Å². The van der Waals surface area contributed by atoms with Gasteiger partial charge in [0.1, 0.15) is 6.54 Å². The predicted octanol–water partition coefficient (Wildman–Crippen LogP) is 2.33. The third kappa shape index (κ3) is 8.27. The van der Waals surface area contributed by atoms with E-state index < -0.39 is 34.5 Å². The molecule has 2 amide bonds. The molecule has 0 aromatic heterocycles. The summed E-state index contributed by atoms with van der Waals surface area (Å²) < 4.78 is 31.4. The van der Waals surface area contributed by atoms with Crippen LogP contribution in [0.3, 0.4) is 0 Å². The van der Waals surface area contributed by atoms with Gasteiger partial charge in [-0.3, -0.25) is 14.4 Å². The summed E-state index contributed by atoms with van der Waals surface area (Å²) in [5.41, 5.74) is 1.61. The first-order valence-electron chi connectivity index (χ1n) is 10.9. The van der Waals surface area contributed by atoms with Crippen LogP contribution in [0.15, 0.2) is 59.5 Å². The molecule has 10 heteroatoms. The summed E-state index contributed by atoms with van der Waals surface area (Å²) in [6, 6.07) is 15.3. The number of hydrogen-bond donors (Lipinski definition) is 2. The number of nitrogens with zero attached hydrogens (tertiary/aromatic N) is 1. The predicted molar refractivity (Wildman–Crippen MR) is 128 cm³/mol. The van der Waals surface area contributed by atoms with E-state index in [4.69, 9.17) is 4.74 Å². The zero-order chi connectivity index (χ0) is 25.3. The van der Waals surface area contributed by atoms with Crippen LogP contribution in [0, 0.1) is 0 Å². The number of likely N-dealkylation sites (N-methyl/N-ethyl adjacent to an activating group) is 1. The Morgan fingerprint density at radius 2 is 1.62 bits per heavy atom. The molecule has 0 aliphatic rings. The van der Waals surface area contributed by atoms with Crippen molar-refractivity contribution in [2.45, 2.75) is 50.7 Å². The fraction of sp³-hybridized carbons (Fsp3) is 0.375. The van der Waals surface area contributed by atoms with Gasteiger partial charge < -0.3 is 15.4 Å². The number of hydrogen-bond acceptors (Lipinski definition) is 6. The second kappa shape index (κ2) is 12.3. The number of anilines is 1. The summed E-state index contributed by atoms with van der Waals surface area (Å²) in [6.45, 7) is 4.09. The number of amides is 2. The van der Waals surface area contributed by atoms with Gasteiger partial charge in [-0.05, 0) is 56.5 Å². The van der Waals surface area contributed by atoms with Gasteiger partial charge in [0, 0.05) is 25.7 Å². The fourth-order valence-electron chi connectivity index (χ4n) is 3.11. The lowest BCUT2D eigenvalue weighted by Gasteiger charge is -2.20. The van der Waals surface area contributed by atoms with Gasteiger partial charge >= 0.3 is 5.97 Å². The molecule has 0 saturated heterocycles. The zero-order valence-electron chi connectivity index (χ0n) is 19.8. The topological polar surface area (TPSA) is 122 Å². The summed E-state index contributed by atoms with van der Waals surface area (Å²) in [5, 5.41) is 5.35. The molecule has 184 valence electrons. The van der Waals surface area contributed by atoms with Crippen molar-refractivity contribution in [2.75, 3.05) is 18.9 Å². The Labute approximate surface area is 200 Å². The molecule has 2 unspecified atom stereocenters. The molecule has 2 atom stereocenters. The first-order valence-corrected chi connectivity index (χ1v) is 12.3. The molecule has 2 aromatic carbocycles. The number of benzene rings is 2. The minimum absolute atomic E-state index is 0.0464. The van der Waals surface area contributed by atoms with Crippen LogP contribution in [-0.2, 0) is 35.6 Å². The molecule has 9 nitrogen and oxygen atoms in total. The second-order valence-corrected chi connectivity index (χ2v) is 10.1. The van der Waals surface area contributed by atoms with Crippen LogP contribution in [0.4, 0.5) is 5.69 Å². The van der Waals surface area contributed by atoms with E-state index in [0.29, 0.717) is 5.69 Å². The van der Waals surface area contributed by atoms with Crippen LogP contribution in [0.25, 0.3) is 0 Å². The maximum atomic E-state index is 12.7. The highest BCUT2D eigenvalue weighted by Crippen LogP contribution is 2.17. The normalized spacial score (nSPS) is 13.1. The van der Waals surface area contributed by atoms with Crippen molar-refractivity contribution in [3.8, 4) is 0 Å². The van der Waals surface area contributed by atoms with Gasteiger partial charge in [0.05, 0.1) is 4.90 Å². The molecule has 2 aromatic rings. The molecular formula is C24H31N3O6S. The van der Waals surface area contributed by atoms with Crippen molar-refractivity contribution in [3.05, 3.63) is 60.2 Å². The molecular weight excluding hydrogens is 458 g/mol. The highest BCUT2D eigenvalue weighted by molar-refractivity contribution is 7.89. The van der Waals surface area contributed by atoms with Crippen molar-refractivity contribution in [1.29, 1.82) is 0 Å². The van der Waals surface area contributed by atoms with Gasteiger partial charge in [-0.25, -0.2) is 8.42 Å². The Morgan fingerprint density at radius 1 is 1.00 bits per heavy atom. The van der Waals surface area contributed by atoms with Crippen LogP contribution < -0.4 is 10.6 Å². The van der Waals surface area contributed by atoms with E-state index in [-0.39, 0.29) is 16.8 Å². The van der Waals surface area contributed by atoms with E-state index in [1.54, 1.807) is 0 Å². The monoisotopic (exact) mass is 489 g/mol. The quantitative estimate of drug-likeness (QED) is 0.467. The van der Waals surface area contributed by atoms with Gasteiger partial charge in [0.25, 0.3) is 5.91 Å². The molecule has 2 N–H and O–H groups in total. The van der Waals surface area contributed by atoms with Crippen molar-refractivity contribution in [2.24, 2.45) is 0 Å². The first-order chi connectivity index (χ1) is 16.0. The van der Waals surface area contributed by atoms with E-state index in [2.05, 4.69) is 10.6 Å². The van der Waals surface area contributed by atoms with Crippen molar-refractivity contribution in [3.63, 3.8) is 0 Å². The minimum Gasteiger partial charge on any atom is -0.452 e. The summed E-state index contributed by atoms with van der Waals surface area (Å²) in [7, 11) is -2.72. The van der Waals surface area contributed by atoms with E-state index in [0.717, 1.165) is 22.7 Å². The average Bonchev–Trinajstić information content (AvgIpc) is 2.78. The summed E-state index contributed by atoms with van der Waals surface area (Å²) in [6.07, 6.45) is 0.447. The summed E-state index contributed by atoms with van der Waals surface area (Å²) in [5.74, 6) is -1.58. The number of aryl methyl sites for hydroxylation is 1. The molecule has 0 fully saturated rings. The average molecular weight is 490 g/mol. The lowest BCUT2D eigenvalue weighted by atomic mass is 10.1. The molecule has 0 spiro atoms. The molecule has 0 aliphatic carbocycles. The SMILES string of the molecule is CC(=O)Nc1ccc(S(=O)(=O)N(C)CC(=O)OC(C)C(=O)NC(C)CCc2ccccc2)cc1. The second-order valence-electron chi connectivity index (χ2n) is 8.03. The van der Waals surface area contributed by atoms with Gasteiger partial charge in [-0.15, -0.1) is 0 Å². The summed E-state index contributed by atoms with van der Waals surface area (Å²) in [4.78, 5) is 35.7. The van der Waals surface area contributed by atoms with E-state index in [1.807, 2.05) is 37.3 Å². The Kier molecular flexibility index (Phi) is 9.76. The van der Waals surface area contributed by atoms with E-state index >= 15 is 0 Å². The highest BCUT2D eigenvalue weighted by Gasteiger charge is 2.26. The minimum atomic E-state index is -3.97. The molecule has 0 bridgehead atoms. The van der Waals surface area contributed by atoms with Gasteiger partial charge in [-0.1, -0.05) is 30.3 Å². The molecule has 0 aliphatic heterocycles. The molecule has 0 saturated carbocycles. The number of rotatable bonds is 11. The Bertz CT molecular complexity index is 1090. The van der Waals surface area contributed by atoms with E-state index in [9.17, 15) is 22.8 Å². The lowest BCUT2D eigenvalue weighted by Crippen LogP contribution is -2.42. The largest absolute Gasteiger partial charge is 0.452 e. The molecule has 2 rings (SSSR count). The highest BCUT2D eigenvalue weighted by atomic mass is 32.2. The van der Waals surface area contributed by atoms with Crippen molar-refractivity contribution < 1.29 is 27.5 Å². The van der Waals surface area contributed by atoms with Crippen LogP contribution >= 0.6 is 0 Å². The number of sulfonamides is 1. The van der Waals surface area contributed by atoms with Crippen molar-refractivity contribution >= 4 is 33.5 Å². The molecule has 0 heterocycles. The first kappa shape index (κ1) is 27.0. The third-order valence-electron chi connectivity index (χ3n) is 5.01. The van der Waals surface area contributed by atoms with Crippen LogP contribution in [0.1, 0.15) is 32.8 Å². The van der Waals surface area contributed by atoms with E-state index in [1.165, 1.54) is 45.2 Å². The van der Waals surface area contributed by atoms with Crippen molar-refractivity contribution in [1.82, 2.24) is 9.62 Å². The number of nitrogens with one attached hydrogen (secondary N) is 2. The standard InChI is InChI=1S/C24H31N3O6S/c1-17(10-11-20-8-6-5-7-9-20)25-24(30)18(2)33-23(29)16-27(4)34(31,32)22-14-12-21(13-15-22)26-19(3)28/h5-9,12-15,17-18H,10-11,16H2,1-4H3,(H,25,30)(H,26,28). The fourth-order valence-corrected chi connectivity index (χ4v) is 4.22.